The lowest BCUT2D eigenvalue weighted by Crippen LogP contribution is -1.49. The number of hydrogen-bond donors (Lipinski definition) is 0. The maximum atomic E-state index is 4.69. The quantitative estimate of drug-likeness (QED) is 0.283. The molecule has 0 aliphatic carbocycles. The van der Waals surface area contributed by atoms with Gasteiger partial charge in [-0.1, -0.05) is 6.42 Å². The zero-order valence-corrected chi connectivity index (χ0v) is 2.73. The molecule has 0 nitrogen and oxygen atoms in total. The fraction of sp³-hybridized carbons (Fsp3) is 0. The van der Waals surface area contributed by atoms with Crippen LogP contribution in [0.1, 0.15) is 0 Å². The summed E-state index contributed by atoms with van der Waals surface area (Å²) in [6.07, 6.45) is 10.7. The van der Waals surface area contributed by atoms with Crippen LogP contribution in [0.15, 0.2) is 0 Å². The lowest BCUT2D eigenvalue weighted by atomic mass is 10.5. The molecule has 0 aliphatic heterocycles. The Kier molecular flexibility index (Phi) is 2.39. The summed E-state index contributed by atoms with van der Waals surface area (Å²) < 4.78 is 0. The zero-order valence-electron chi connectivity index (χ0n) is 2.73. The van der Waals surface area contributed by atoms with Crippen LogP contribution in [-0.4, -0.2) is 0 Å². The summed E-state index contributed by atoms with van der Waals surface area (Å²) in [5.74, 6) is 4.31. The standard InChI is InChI=1S/C5H3/c1-3-5-4-2/h1-2,5H/q-1. The Morgan fingerprint density at radius 1 is 1.20 bits per heavy atom. The molecule has 0 aliphatic rings. The molecular weight excluding hydrogens is 60.1 g/mol. The van der Waals surface area contributed by atoms with Gasteiger partial charge in [-0.15, -0.1) is 0 Å². The van der Waals surface area contributed by atoms with Crippen molar-refractivity contribution in [2.75, 3.05) is 0 Å². The summed E-state index contributed by atoms with van der Waals surface area (Å²) in [6, 6.07) is 0. The van der Waals surface area contributed by atoms with Gasteiger partial charge < -0.3 is 0 Å². The molecule has 0 heterocycles. The van der Waals surface area contributed by atoms with Gasteiger partial charge in [-0.2, -0.15) is 0 Å². The lowest BCUT2D eigenvalue weighted by molar-refractivity contribution is 2.04. The largest absolute Gasteiger partial charge is 0.266 e. The Balaban J connectivity index is 2.86. The molecular formula is C5H3-. The van der Waals surface area contributed by atoms with Crippen LogP contribution < -0.4 is 0 Å². The molecule has 0 fully saturated rings. The van der Waals surface area contributed by atoms with Crippen molar-refractivity contribution < 1.29 is 0 Å². The normalized spacial score (nSPS) is 3.60. The van der Waals surface area contributed by atoms with E-state index in [0.29, 0.717) is 0 Å². The second-order valence-electron chi connectivity index (χ2n) is 0.478. The van der Waals surface area contributed by atoms with Gasteiger partial charge in [0.05, 0.1) is 0 Å². The molecule has 0 saturated carbocycles. The second kappa shape index (κ2) is 2.99. The fourth-order valence-corrected chi connectivity index (χ4v) is 0.0481. The molecule has 0 N–H and O–H groups in total. The monoisotopic (exact) mass is 63.0 g/mol. The molecule has 0 aromatic rings. The van der Waals surface area contributed by atoms with Gasteiger partial charge in [-0.25, -0.2) is 11.8 Å². The van der Waals surface area contributed by atoms with E-state index in [1.54, 1.807) is 0 Å². The van der Waals surface area contributed by atoms with Gasteiger partial charge >= 0.3 is 0 Å². The van der Waals surface area contributed by atoms with E-state index in [4.69, 9.17) is 12.8 Å². The van der Waals surface area contributed by atoms with Crippen LogP contribution in [-0.2, 0) is 0 Å². The first-order chi connectivity index (χ1) is 2.41. The first-order valence-corrected chi connectivity index (χ1v) is 1.15. The highest BCUT2D eigenvalue weighted by molar-refractivity contribution is 5.18. The van der Waals surface area contributed by atoms with Crippen molar-refractivity contribution in [3.05, 3.63) is 6.42 Å². The Morgan fingerprint density at radius 2 is 1.60 bits per heavy atom. The molecule has 0 radical (unpaired) electrons. The molecule has 0 bridgehead atoms. The highest BCUT2D eigenvalue weighted by Crippen LogP contribution is 1.57. The van der Waals surface area contributed by atoms with Crippen LogP contribution >= 0.6 is 0 Å². The van der Waals surface area contributed by atoms with Crippen molar-refractivity contribution in [2.45, 2.75) is 0 Å². The van der Waals surface area contributed by atoms with Crippen LogP contribution in [0, 0.1) is 31.1 Å². The summed E-state index contributed by atoms with van der Waals surface area (Å²) in [5.41, 5.74) is 0. The van der Waals surface area contributed by atoms with Crippen LogP contribution in [0.5, 0.6) is 0 Å². The smallest absolute Gasteiger partial charge is 0.0759 e. The molecule has 24 valence electrons. The third-order valence-electron chi connectivity index (χ3n) is 0.167. The highest BCUT2D eigenvalue weighted by Gasteiger charge is 1.37. The molecule has 0 aromatic carbocycles. The number of hydrogen-bond acceptors (Lipinski definition) is 0. The third kappa shape index (κ3) is 2.99. The first-order valence-electron chi connectivity index (χ1n) is 1.15. The van der Waals surface area contributed by atoms with Crippen LogP contribution in [0.2, 0.25) is 0 Å². The molecule has 0 saturated heterocycles. The van der Waals surface area contributed by atoms with Crippen molar-refractivity contribution >= 4 is 0 Å². The Morgan fingerprint density at radius 3 is 1.60 bits per heavy atom. The maximum Gasteiger partial charge on any atom is -0.0759 e. The van der Waals surface area contributed by atoms with Crippen LogP contribution in [0.25, 0.3) is 0 Å². The molecule has 0 aromatic heterocycles. The molecule has 0 rings (SSSR count). The Labute approximate surface area is 32.2 Å². The topological polar surface area (TPSA) is 0 Å². The van der Waals surface area contributed by atoms with Gasteiger partial charge in [0, 0.05) is 0 Å². The van der Waals surface area contributed by atoms with Crippen molar-refractivity contribution in [1.82, 2.24) is 0 Å². The van der Waals surface area contributed by atoms with E-state index >= 15 is 0 Å². The maximum absolute atomic E-state index is 4.69. The average Bonchev–Trinajstić information content (AvgIpc) is 1.41. The van der Waals surface area contributed by atoms with E-state index in [9.17, 15) is 0 Å². The van der Waals surface area contributed by atoms with Gasteiger partial charge in [-0.3, -0.25) is 12.8 Å². The van der Waals surface area contributed by atoms with Crippen molar-refractivity contribution in [2.24, 2.45) is 0 Å². The summed E-state index contributed by atoms with van der Waals surface area (Å²) in [4.78, 5) is 0. The van der Waals surface area contributed by atoms with Crippen LogP contribution in [0.4, 0.5) is 0 Å². The molecule has 5 heavy (non-hydrogen) atoms. The molecule has 0 unspecified atom stereocenters. The summed E-state index contributed by atoms with van der Waals surface area (Å²) in [6.45, 7) is 0. The van der Waals surface area contributed by atoms with Gasteiger partial charge in [-0.05, 0) is 0 Å². The second-order valence-corrected chi connectivity index (χ2v) is 0.478. The molecule has 0 atom stereocenters. The van der Waals surface area contributed by atoms with E-state index in [1.807, 2.05) is 0 Å². The predicted octanol–water partition coefficient (Wildman–Crippen LogP) is 0.457. The van der Waals surface area contributed by atoms with E-state index in [2.05, 4.69) is 11.8 Å². The predicted molar refractivity (Wildman–Crippen MR) is 22.0 cm³/mol. The van der Waals surface area contributed by atoms with Gasteiger partial charge in [0.25, 0.3) is 0 Å². The Hall–Kier alpha value is -1.01. The van der Waals surface area contributed by atoms with Gasteiger partial charge in [0.1, 0.15) is 0 Å². The molecule has 0 heteroatoms. The lowest BCUT2D eigenvalue weighted by Gasteiger charge is -1.69. The van der Waals surface area contributed by atoms with E-state index in [-0.39, 0.29) is 0 Å². The fourth-order valence-electron chi connectivity index (χ4n) is 0.0481. The third-order valence-corrected chi connectivity index (χ3v) is 0.167. The summed E-state index contributed by atoms with van der Waals surface area (Å²) in [7, 11) is 0. The van der Waals surface area contributed by atoms with Crippen molar-refractivity contribution in [1.29, 1.82) is 0 Å². The number of terminal acetylenes is 2. The zero-order chi connectivity index (χ0) is 4.12. The summed E-state index contributed by atoms with van der Waals surface area (Å²) >= 11 is 0. The van der Waals surface area contributed by atoms with Gasteiger partial charge in [0.2, 0.25) is 0 Å². The minimum atomic E-state index is 1.31. The first kappa shape index (κ1) is 3.99. The Bertz CT molecular complexity index is 65.2. The average molecular weight is 63.1 g/mol. The summed E-state index contributed by atoms with van der Waals surface area (Å²) in [5, 5.41) is 0. The van der Waals surface area contributed by atoms with Crippen molar-refractivity contribution in [3.63, 3.8) is 0 Å². The van der Waals surface area contributed by atoms with E-state index < -0.39 is 0 Å². The van der Waals surface area contributed by atoms with E-state index in [1.165, 1.54) is 6.42 Å². The molecule has 0 amide bonds. The minimum Gasteiger partial charge on any atom is -0.266 e. The van der Waals surface area contributed by atoms with E-state index in [0.717, 1.165) is 0 Å². The number of rotatable bonds is 0. The van der Waals surface area contributed by atoms with Crippen molar-refractivity contribution in [3.8, 4) is 24.7 Å². The minimum absolute atomic E-state index is 1.31. The van der Waals surface area contributed by atoms with Gasteiger partial charge in [0.15, 0.2) is 0 Å². The SMILES string of the molecule is C#C[CH-]C#C. The van der Waals surface area contributed by atoms with Crippen LogP contribution in [0.3, 0.4) is 0 Å². The molecule has 0 spiro atoms. The highest BCUT2D eigenvalue weighted by atomic mass is 13.5.